The molecule has 0 radical (unpaired) electrons. The Morgan fingerprint density at radius 2 is 1.82 bits per heavy atom. The molecule has 0 aromatic heterocycles. The quantitative estimate of drug-likeness (QED) is 0.505. The van der Waals surface area contributed by atoms with Crippen molar-refractivity contribution < 1.29 is 9.13 Å². The van der Waals surface area contributed by atoms with Crippen molar-refractivity contribution >= 4 is 0 Å². The van der Waals surface area contributed by atoms with E-state index in [1.54, 1.807) is 6.08 Å². The fraction of sp³-hybridized carbons (Fsp3) is 0.600. The summed E-state index contributed by atoms with van der Waals surface area (Å²) in [5.41, 5.74) is 1.43. The van der Waals surface area contributed by atoms with Crippen LogP contribution in [0.25, 0.3) is 0 Å². The molecule has 2 rings (SSSR count). The summed E-state index contributed by atoms with van der Waals surface area (Å²) in [7, 11) is 0. The van der Waals surface area contributed by atoms with Gasteiger partial charge in [0, 0.05) is 0 Å². The van der Waals surface area contributed by atoms with E-state index in [-0.39, 0.29) is 0 Å². The van der Waals surface area contributed by atoms with E-state index in [1.165, 1.54) is 44.1 Å². The molecule has 1 nitrogen and oxygen atoms in total. The van der Waals surface area contributed by atoms with Gasteiger partial charge < -0.3 is 4.74 Å². The van der Waals surface area contributed by atoms with Gasteiger partial charge in [-0.3, -0.25) is 0 Å². The first kappa shape index (κ1) is 17.1. The highest BCUT2D eigenvalue weighted by molar-refractivity contribution is 5.29. The van der Waals surface area contributed by atoms with Gasteiger partial charge in [0.25, 0.3) is 0 Å². The van der Waals surface area contributed by atoms with Crippen LogP contribution in [0.5, 0.6) is 5.75 Å². The molecule has 122 valence electrons. The molecule has 0 aliphatic heterocycles. The fourth-order valence-corrected chi connectivity index (χ4v) is 3.35. The molecule has 0 amide bonds. The van der Waals surface area contributed by atoms with Crippen LogP contribution in [0.3, 0.4) is 0 Å². The van der Waals surface area contributed by atoms with Crippen molar-refractivity contribution in [3.63, 3.8) is 0 Å². The van der Waals surface area contributed by atoms with Crippen LogP contribution in [0.2, 0.25) is 0 Å². The van der Waals surface area contributed by atoms with Crippen LogP contribution in [-0.2, 0) is 0 Å². The summed E-state index contributed by atoms with van der Waals surface area (Å²) < 4.78 is 17.8. The normalized spacial score (nSPS) is 22.1. The average molecular weight is 304 g/mol. The number of ether oxygens (including phenoxy) is 1. The number of benzene rings is 1. The molecule has 1 saturated carbocycles. The lowest BCUT2D eigenvalue weighted by molar-refractivity contribution is 0.305. The summed E-state index contributed by atoms with van der Waals surface area (Å²) in [4.78, 5) is 0. The van der Waals surface area contributed by atoms with E-state index in [0.717, 1.165) is 25.2 Å². The van der Waals surface area contributed by atoms with E-state index in [9.17, 15) is 4.39 Å². The Labute approximate surface area is 134 Å². The van der Waals surface area contributed by atoms with Gasteiger partial charge in [-0.1, -0.05) is 38.0 Å². The summed E-state index contributed by atoms with van der Waals surface area (Å²) in [6.45, 7) is 3.03. The van der Waals surface area contributed by atoms with Crippen molar-refractivity contribution in [3.8, 4) is 5.75 Å². The van der Waals surface area contributed by atoms with E-state index >= 15 is 0 Å². The van der Waals surface area contributed by atoms with Gasteiger partial charge in [0.05, 0.1) is 12.9 Å². The first-order valence-corrected chi connectivity index (χ1v) is 8.81. The van der Waals surface area contributed by atoms with Crippen molar-refractivity contribution in [1.82, 2.24) is 0 Å². The van der Waals surface area contributed by atoms with E-state index in [2.05, 4.69) is 31.2 Å². The largest absolute Gasteiger partial charge is 0.494 e. The highest BCUT2D eigenvalue weighted by atomic mass is 19.1. The summed E-state index contributed by atoms with van der Waals surface area (Å²) in [5, 5.41) is 0. The van der Waals surface area contributed by atoms with Crippen LogP contribution in [-0.4, -0.2) is 6.61 Å². The molecule has 2 heteroatoms. The molecule has 0 atom stereocenters. The maximum atomic E-state index is 12.1. The summed E-state index contributed by atoms with van der Waals surface area (Å²) in [6.07, 6.45) is 11.7. The van der Waals surface area contributed by atoms with Crippen molar-refractivity contribution in [2.75, 3.05) is 6.61 Å². The second kappa shape index (κ2) is 9.66. The minimum absolute atomic E-state index is 0.666. The molecule has 0 heterocycles. The van der Waals surface area contributed by atoms with E-state index in [0.29, 0.717) is 18.2 Å². The van der Waals surface area contributed by atoms with Gasteiger partial charge in [-0.05, 0) is 68.1 Å². The van der Waals surface area contributed by atoms with Crippen LogP contribution in [0.4, 0.5) is 4.39 Å². The molecule has 0 bridgehead atoms. The number of halogens is 1. The standard InChI is InChI=1S/C20H29FO/c1-2-3-4-16-22-20-13-11-19(12-14-20)18-9-7-17(8-10-18)6-5-15-21/h5,11-15,17-18H,2-4,6-10,16H2,1H3/b15-5+/t17-,18-. The Balaban J connectivity index is 1.76. The number of rotatable bonds is 8. The Kier molecular flexibility index (Phi) is 7.48. The monoisotopic (exact) mass is 304 g/mol. The van der Waals surface area contributed by atoms with E-state index < -0.39 is 0 Å². The molecule has 22 heavy (non-hydrogen) atoms. The molecule has 1 aliphatic carbocycles. The molecule has 1 aliphatic rings. The lowest BCUT2D eigenvalue weighted by Gasteiger charge is -2.28. The maximum Gasteiger partial charge on any atom is 0.119 e. The average Bonchev–Trinajstić information content (AvgIpc) is 2.58. The van der Waals surface area contributed by atoms with Crippen LogP contribution in [0, 0.1) is 5.92 Å². The third-order valence-electron chi connectivity index (χ3n) is 4.77. The Morgan fingerprint density at radius 1 is 1.09 bits per heavy atom. The Hall–Kier alpha value is -1.31. The summed E-state index contributed by atoms with van der Waals surface area (Å²) >= 11 is 0. The highest BCUT2D eigenvalue weighted by Crippen LogP contribution is 2.37. The lowest BCUT2D eigenvalue weighted by Crippen LogP contribution is -2.12. The first-order valence-electron chi connectivity index (χ1n) is 8.81. The lowest BCUT2D eigenvalue weighted by atomic mass is 9.77. The van der Waals surface area contributed by atoms with Gasteiger partial charge in [0.2, 0.25) is 0 Å². The molecule has 0 saturated heterocycles. The Morgan fingerprint density at radius 3 is 2.45 bits per heavy atom. The minimum atomic E-state index is 0.666. The van der Waals surface area contributed by atoms with Gasteiger partial charge in [0.15, 0.2) is 0 Å². The van der Waals surface area contributed by atoms with E-state index in [4.69, 9.17) is 4.74 Å². The Bertz CT molecular complexity index is 430. The van der Waals surface area contributed by atoms with Gasteiger partial charge in [-0.2, -0.15) is 0 Å². The topological polar surface area (TPSA) is 9.23 Å². The van der Waals surface area contributed by atoms with E-state index in [1.807, 2.05) is 0 Å². The molecular formula is C20H29FO. The minimum Gasteiger partial charge on any atom is -0.494 e. The predicted octanol–water partition coefficient (Wildman–Crippen LogP) is 6.40. The number of allylic oxidation sites excluding steroid dienone is 1. The van der Waals surface area contributed by atoms with Crippen LogP contribution < -0.4 is 4.74 Å². The van der Waals surface area contributed by atoms with Gasteiger partial charge >= 0.3 is 0 Å². The molecule has 0 N–H and O–H groups in total. The molecule has 1 fully saturated rings. The molecule has 1 aromatic carbocycles. The van der Waals surface area contributed by atoms with Crippen LogP contribution in [0.1, 0.15) is 69.8 Å². The SMILES string of the molecule is CCCCCOc1ccc([C@H]2CC[C@H](C/C=C/F)CC2)cc1. The number of unbranched alkanes of at least 4 members (excludes halogenated alkanes) is 2. The predicted molar refractivity (Wildman–Crippen MR) is 91.0 cm³/mol. The maximum absolute atomic E-state index is 12.1. The second-order valence-corrected chi connectivity index (χ2v) is 6.44. The van der Waals surface area contributed by atoms with Crippen molar-refractivity contribution in [1.29, 1.82) is 0 Å². The van der Waals surface area contributed by atoms with Gasteiger partial charge in [-0.15, -0.1) is 0 Å². The summed E-state index contributed by atoms with van der Waals surface area (Å²) in [5.74, 6) is 2.32. The first-order chi connectivity index (χ1) is 10.8. The van der Waals surface area contributed by atoms with Gasteiger partial charge in [0.1, 0.15) is 5.75 Å². The zero-order valence-electron chi connectivity index (χ0n) is 13.8. The van der Waals surface area contributed by atoms with Crippen LogP contribution in [0.15, 0.2) is 36.7 Å². The smallest absolute Gasteiger partial charge is 0.119 e. The second-order valence-electron chi connectivity index (χ2n) is 6.44. The third kappa shape index (κ3) is 5.47. The van der Waals surface area contributed by atoms with Crippen molar-refractivity contribution in [3.05, 3.63) is 42.2 Å². The highest BCUT2D eigenvalue weighted by Gasteiger charge is 2.21. The van der Waals surface area contributed by atoms with Crippen molar-refractivity contribution in [2.45, 2.75) is 64.2 Å². The molecule has 1 aromatic rings. The van der Waals surface area contributed by atoms with Crippen LogP contribution >= 0.6 is 0 Å². The number of hydrogen-bond acceptors (Lipinski definition) is 1. The zero-order chi connectivity index (χ0) is 15.6. The summed E-state index contributed by atoms with van der Waals surface area (Å²) in [6, 6.07) is 8.67. The fourth-order valence-electron chi connectivity index (χ4n) is 3.35. The molecule has 0 unspecified atom stereocenters. The molecular weight excluding hydrogens is 275 g/mol. The zero-order valence-corrected chi connectivity index (χ0v) is 13.8. The van der Waals surface area contributed by atoms with Gasteiger partial charge in [-0.25, -0.2) is 4.39 Å². The number of hydrogen-bond donors (Lipinski definition) is 0. The molecule has 0 spiro atoms. The third-order valence-corrected chi connectivity index (χ3v) is 4.77. The van der Waals surface area contributed by atoms with Crippen molar-refractivity contribution in [2.24, 2.45) is 5.92 Å².